The molecule has 2 rings (SSSR count). The van der Waals surface area contributed by atoms with Crippen molar-refractivity contribution in [2.24, 2.45) is 0 Å². The van der Waals surface area contributed by atoms with Crippen molar-refractivity contribution >= 4 is 17.7 Å². The summed E-state index contributed by atoms with van der Waals surface area (Å²) < 4.78 is 0. The molecule has 1 atom stereocenters. The number of aromatic carboxylic acids is 1. The molecule has 14 heavy (non-hydrogen) atoms. The standard InChI is InChI=1S/C9H12N2O2S/c12-9(13)7-4-10-8(11-7)6-2-1-3-14-5-6/h4,6H,1-3,5H2,(H,10,11)(H,12,13). The zero-order valence-corrected chi connectivity index (χ0v) is 8.51. The van der Waals surface area contributed by atoms with Crippen molar-refractivity contribution in [3.05, 3.63) is 17.7 Å². The number of carboxylic acids is 1. The molecule has 1 aromatic heterocycles. The normalized spacial score (nSPS) is 22.1. The number of hydrogen-bond acceptors (Lipinski definition) is 3. The molecule has 0 aromatic carbocycles. The van der Waals surface area contributed by atoms with Gasteiger partial charge < -0.3 is 10.1 Å². The molecule has 1 aliphatic heterocycles. The molecule has 0 amide bonds. The van der Waals surface area contributed by atoms with Crippen LogP contribution in [0.3, 0.4) is 0 Å². The fraction of sp³-hybridized carbons (Fsp3) is 0.556. The van der Waals surface area contributed by atoms with E-state index in [1.165, 1.54) is 18.4 Å². The second kappa shape index (κ2) is 4.04. The Morgan fingerprint density at radius 1 is 1.71 bits per heavy atom. The molecule has 1 fully saturated rings. The van der Waals surface area contributed by atoms with Gasteiger partial charge in [0.25, 0.3) is 0 Å². The van der Waals surface area contributed by atoms with E-state index in [1.54, 1.807) is 0 Å². The molecular weight excluding hydrogens is 200 g/mol. The van der Waals surface area contributed by atoms with Gasteiger partial charge in [0.1, 0.15) is 11.5 Å². The Morgan fingerprint density at radius 2 is 2.57 bits per heavy atom. The number of aromatic nitrogens is 2. The predicted octanol–water partition coefficient (Wildman–Crippen LogP) is 1.72. The van der Waals surface area contributed by atoms with Crippen LogP contribution in [-0.2, 0) is 0 Å². The lowest BCUT2D eigenvalue weighted by Crippen LogP contribution is -2.10. The van der Waals surface area contributed by atoms with Gasteiger partial charge in [0.15, 0.2) is 0 Å². The lowest BCUT2D eigenvalue weighted by molar-refractivity contribution is 0.0691. The Hall–Kier alpha value is -0.970. The number of carboxylic acid groups (broad SMARTS) is 1. The van der Waals surface area contributed by atoms with Crippen LogP contribution < -0.4 is 0 Å². The van der Waals surface area contributed by atoms with Crippen LogP contribution in [0, 0.1) is 0 Å². The van der Waals surface area contributed by atoms with Crippen LogP contribution in [0.4, 0.5) is 0 Å². The van der Waals surface area contributed by atoms with E-state index in [0.717, 1.165) is 18.0 Å². The lowest BCUT2D eigenvalue weighted by Gasteiger charge is -2.18. The zero-order valence-electron chi connectivity index (χ0n) is 7.69. The Balaban J connectivity index is 2.11. The van der Waals surface area contributed by atoms with Crippen LogP contribution in [0.2, 0.25) is 0 Å². The van der Waals surface area contributed by atoms with Gasteiger partial charge in [-0.2, -0.15) is 11.8 Å². The highest BCUT2D eigenvalue weighted by atomic mass is 32.2. The van der Waals surface area contributed by atoms with Gasteiger partial charge in [-0.3, -0.25) is 0 Å². The number of imidazole rings is 1. The summed E-state index contributed by atoms with van der Waals surface area (Å²) in [5.41, 5.74) is 0.190. The summed E-state index contributed by atoms with van der Waals surface area (Å²) in [7, 11) is 0. The van der Waals surface area contributed by atoms with Gasteiger partial charge in [-0.05, 0) is 18.6 Å². The highest BCUT2D eigenvalue weighted by molar-refractivity contribution is 7.99. The van der Waals surface area contributed by atoms with Crippen LogP contribution in [-0.4, -0.2) is 32.5 Å². The minimum absolute atomic E-state index is 0.190. The van der Waals surface area contributed by atoms with Crippen LogP contribution in [0.15, 0.2) is 6.20 Å². The van der Waals surface area contributed by atoms with Gasteiger partial charge in [0, 0.05) is 11.7 Å². The molecule has 1 aliphatic rings. The average molecular weight is 212 g/mol. The number of thioether (sulfide) groups is 1. The van der Waals surface area contributed by atoms with Crippen molar-refractivity contribution in [3.63, 3.8) is 0 Å². The molecule has 4 nitrogen and oxygen atoms in total. The number of H-pyrrole nitrogens is 1. The van der Waals surface area contributed by atoms with Gasteiger partial charge in [-0.15, -0.1) is 0 Å². The van der Waals surface area contributed by atoms with Crippen LogP contribution in [0.5, 0.6) is 0 Å². The molecule has 0 aliphatic carbocycles. The van der Waals surface area contributed by atoms with E-state index in [4.69, 9.17) is 5.11 Å². The first-order valence-corrected chi connectivity index (χ1v) is 5.79. The van der Waals surface area contributed by atoms with Crippen LogP contribution in [0.1, 0.15) is 35.1 Å². The average Bonchev–Trinajstić information content (AvgIpc) is 2.68. The quantitative estimate of drug-likeness (QED) is 0.783. The fourth-order valence-corrected chi connectivity index (χ4v) is 2.76. The Labute approximate surface area is 86.1 Å². The van der Waals surface area contributed by atoms with Gasteiger partial charge in [-0.25, -0.2) is 9.78 Å². The van der Waals surface area contributed by atoms with E-state index in [1.807, 2.05) is 11.8 Å². The largest absolute Gasteiger partial charge is 0.477 e. The first-order valence-electron chi connectivity index (χ1n) is 4.63. The Morgan fingerprint density at radius 3 is 3.14 bits per heavy atom. The van der Waals surface area contributed by atoms with Crippen molar-refractivity contribution in [2.45, 2.75) is 18.8 Å². The molecule has 0 radical (unpaired) electrons. The van der Waals surface area contributed by atoms with Crippen LogP contribution in [0.25, 0.3) is 0 Å². The predicted molar refractivity (Wildman–Crippen MR) is 54.8 cm³/mol. The second-order valence-electron chi connectivity index (χ2n) is 3.40. The Kier molecular flexibility index (Phi) is 2.77. The van der Waals surface area contributed by atoms with Crippen LogP contribution >= 0.6 is 11.8 Å². The number of nitrogens with one attached hydrogen (secondary N) is 1. The van der Waals surface area contributed by atoms with Gasteiger partial charge in [0.05, 0.1) is 6.20 Å². The number of nitrogens with zero attached hydrogens (tertiary/aromatic N) is 1. The van der Waals surface area contributed by atoms with Gasteiger partial charge in [-0.1, -0.05) is 0 Å². The fourth-order valence-electron chi connectivity index (χ4n) is 1.61. The molecule has 1 unspecified atom stereocenters. The third-order valence-corrected chi connectivity index (χ3v) is 3.59. The summed E-state index contributed by atoms with van der Waals surface area (Å²) in [6, 6.07) is 0. The van der Waals surface area contributed by atoms with E-state index in [2.05, 4.69) is 9.97 Å². The van der Waals surface area contributed by atoms with Crippen molar-refractivity contribution < 1.29 is 9.90 Å². The molecule has 2 N–H and O–H groups in total. The molecule has 1 aromatic rings. The van der Waals surface area contributed by atoms with E-state index < -0.39 is 5.97 Å². The Bertz CT molecular complexity index is 331. The third kappa shape index (κ3) is 1.92. The number of hydrogen-bond donors (Lipinski definition) is 2. The summed E-state index contributed by atoms with van der Waals surface area (Å²) in [5, 5.41) is 8.72. The summed E-state index contributed by atoms with van der Waals surface area (Å²) in [6.45, 7) is 0. The van der Waals surface area contributed by atoms with Crippen molar-refractivity contribution in [1.29, 1.82) is 0 Å². The van der Waals surface area contributed by atoms with Crippen molar-refractivity contribution in [2.75, 3.05) is 11.5 Å². The SMILES string of the molecule is O=C(O)c1cnc(C2CCCSC2)[nH]1. The highest BCUT2D eigenvalue weighted by Gasteiger charge is 2.19. The topological polar surface area (TPSA) is 66.0 Å². The number of carbonyl (C=O) groups is 1. The molecule has 0 spiro atoms. The summed E-state index contributed by atoms with van der Waals surface area (Å²) in [6.07, 6.45) is 3.70. The first-order chi connectivity index (χ1) is 6.77. The van der Waals surface area contributed by atoms with Gasteiger partial charge in [0.2, 0.25) is 0 Å². The summed E-state index contributed by atoms with van der Waals surface area (Å²) in [5.74, 6) is 2.55. The second-order valence-corrected chi connectivity index (χ2v) is 4.55. The lowest BCUT2D eigenvalue weighted by atomic mass is 10.1. The third-order valence-electron chi connectivity index (χ3n) is 2.37. The molecule has 5 heteroatoms. The number of aromatic amines is 1. The minimum Gasteiger partial charge on any atom is -0.477 e. The van der Waals surface area contributed by atoms with E-state index >= 15 is 0 Å². The molecule has 1 saturated heterocycles. The molecule has 0 bridgehead atoms. The van der Waals surface area contributed by atoms with Gasteiger partial charge >= 0.3 is 5.97 Å². The maximum atomic E-state index is 10.6. The maximum Gasteiger partial charge on any atom is 0.353 e. The first kappa shape index (κ1) is 9.58. The molecule has 76 valence electrons. The smallest absolute Gasteiger partial charge is 0.353 e. The molecule has 0 saturated carbocycles. The van der Waals surface area contributed by atoms with E-state index in [-0.39, 0.29) is 5.69 Å². The zero-order chi connectivity index (χ0) is 9.97. The molecular formula is C9H12N2O2S. The van der Waals surface area contributed by atoms with Crippen molar-refractivity contribution in [3.8, 4) is 0 Å². The molecule has 2 heterocycles. The maximum absolute atomic E-state index is 10.6. The summed E-state index contributed by atoms with van der Waals surface area (Å²) in [4.78, 5) is 17.6. The minimum atomic E-state index is -0.938. The summed E-state index contributed by atoms with van der Waals surface area (Å²) >= 11 is 1.91. The van der Waals surface area contributed by atoms with E-state index in [0.29, 0.717) is 5.92 Å². The monoisotopic (exact) mass is 212 g/mol. The number of rotatable bonds is 2. The van der Waals surface area contributed by atoms with E-state index in [9.17, 15) is 4.79 Å². The highest BCUT2D eigenvalue weighted by Crippen LogP contribution is 2.29. The van der Waals surface area contributed by atoms with Crippen molar-refractivity contribution in [1.82, 2.24) is 9.97 Å².